The van der Waals surface area contributed by atoms with Crippen molar-refractivity contribution in [2.45, 2.75) is 5.92 Å². The van der Waals surface area contributed by atoms with Crippen molar-refractivity contribution in [2.75, 3.05) is 14.2 Å². The van der Waals surface area contributed by atoms with Crippen molar-refractivity contribution in [3.05, 3.63) is 34.6 Å². The second kappa shape index (κ2) is 5.53. The number of benzene rings is 1. The van der Waals surface area contributed by atoms with Gasteiger partial charge in [0.05, 0.1) is 32.3 Å². The van der Waals surface area contributed by atoms with Crippen molar-refractivity contribution < 1.29 is 23.5 Å². The Labute approximate surface area is 136 Å². The molecule has 0 amide bonds. The Morgan fingerprint density at radius 1 is 1.22 bits per heavy atom. The molecular weight excluding hydrogens is 327 g/mol. The van der Waals surface area contributed by atoms with Crippen LogP contribution in [0.5, 0.6) is 0 Å². The van der Waals surface area contributed by atoms with Gasteiger partial charge in [0.2, 0.25) is 5.41 Å². The highest BCUT2D eigenvalue weighted by Crippen LogP contribution is 2.75. The van der Waals surface area contributed by atoms with Crippen molar-refractivity contribution in [3.8, 4) is 12.1 Å². The number of hydrogen-bond acceptors (Lipinski definition) is 6. The zero-order valence-corrected chi connectivity index (χ0v) is 12.8. The summed E-state index contributed by atoms with van der Waals surface area (Å²) in [6.07, 6.45) is 0. The fraction of sp³-hybridized carbons (Fsp3) is 0.333. The second-order valence-electron chi connectivity index (χ2n) is 4.92. The van der Waals surface area contributed by atoms with E-state index in [1.807, 2.05) is 0 Å². The summed E-state index contributed by atoms with van der Waals surface area (Å²) >= 11 is 5.68. The molecule has 1 fully saturated rings. The summed E-state index contributed by atoms with van der Waals surface area (Å²) < 4.78 is 23.4. The van der Waals surface area contributed by atoms with E-state index in [1.54, 1.807) is 12.1 Å². The Morgan fingerprint density at radius 2 is 1.74 bits per heavy atom. The lowest BCUT2D eigenvalue weighted by Crippen LogP contribution is -2.34. The first-order valence-electron chi connectivity index (χ1n) is 6.31. The maximum atomic E-state index is 14.2. The molecule has 23 heavy (non-hydrogen) atoms. The highest BCUT2D eigenvalue weighted by molar-refractivity contribution is 6.30. The van der Waals surface area contributed by atoms with Crippen molar-refractivity contribution in [1.29, 1.82) is 10.5 Å². The number of carbonyl (C=O) groups excluding carboxylic acids is 2. The largest absolute Gasteiger partial charge is 0.468 e. The van der Waals surface area contributed by atoms with Gasteiger partial charge in [0, 0.05) is 5.02 Å². The number of nitriles is 2. The third-order valence-electron chi connectivity index (χ3n) is 4.05. The van der Waals surface area contributed by atoms with Gasteiger partial charge in [-0.25, -0.2) is 4.39 Å². The molecule has 1 aliphatic carbocycles. The van der Waals surface area contributed by atoms with Gasteiger partial charge >= 0.3 is 11.9 Å². The molecule has 1 atom stereocenters. The molecule has 0 radical (unpaired) electrons. The third kappa shape index (κ3) is 1.90. The molecule has 6 nitrogen and oxygen atoms in total. The van der Waals surface area contributed by atoms with E-state index in [4.69, 9.17) is 11.6 Å². The summed E-state index contributed by atoms with van der Waals surface area (Å²) in [6.45, 7) is 0. The van der Waals surface area contributed by atoms with Gasteiger partial charge in [-0.15, -0.1) is 0 Å². The predicted molar refractivity (Wildman–Crippen MR) is 74.3 cm³/mol. The first-order chi connectivity index (χ1) is 10.9. The molecule has 0 N–H and O–H groups in total. The molecular formula is C15H10ClFN2O4. The van der Waals surface area contributed by atoms with Gasteiger partial charge in [0.1, 0.15) is 5.82 Å². The van der Waals surface area contributed by atoms with E-state index >= 15 is 0 Å². The van der Waals surface area contributed by atoms with E-state index < -0.39 is 34.5 Å². The molecule has 1 aromatic rings. The Bertz CT molecular complexity index is 751. The van der Waals surface area contributed by atoms with Gasteiger partial charge in [-0.2, -0.15) is 10.5 Å². The number of rotatable bonds is 3. The first kappa shape index (κ1) is 16.7. The smallest absolute Gasteiger partial charge is 0.326 e. The summed E-state index contributed by atoms with van der Waals surface area (Å²) in [6, 6.07) is 6.82. The molecule has 1 saturated carbocycles. The Kier molecular flexibility index (Phi) is 4.02. The van der Waals surface area contributed by atoms with Gasteiger partial charge in [-0.1, -0.05) is 17.7 Å². The van der Waals surface area contributed by atoms with Crippen molar-refractivity contribution >= 4 is 23.5 Å². The maximum absolute atomic E-state index is 14.2. The van der Waals surface area contributed by atoms with E-state index in [9.17, 15) is 24.5 Å². The fourth-order valence-corrected chi connectivity index (χ4v) is 3.13. The summed E-state index contributed by atoms with van der Waals surface area (Å²) in [5.41, 5.74) is -4.52. The zero-order valence-electron chi connectivity index (χ0n) is 12.1. The number of halogens is 2. The van der Waals surface area contributed by atoms with Crippen LogP contribution in [0.4, 0.5) is 4.39 Å². The summed E-state index contributed by atoms with van der Waals surface area (Å²) in [5, 5.41) is 18.9. The maximum Gasteiger partial charge on any atom is 0.326 e. The number of ether oxygens (including phenoxy) is 2. The molecule has 0 aliphatic heterocycles. The van der Waals surface area contributed by atoms with E-state index in [0.29, 0.717) is 0 Å². The molecule has 0 heterocycles. The minimum absolute atomic E-state index is 0.0909. The first-order valence-corrected chi connectivity index (χ1v) is 6.69. The van der Waals surface area contributed by atoms with E-state index in [0.717, 1.165) is 20.3 Å². The van der Waals surface area contributed by atoms with Crippen LogP contribution in [0.3, 0.4) is 0 Å². The van der Waals surface area contributed by atoms with Crippen LogP contribution >= 0.6 is 11.6 Å². The summed E-state index contributed by atoms with van der Waals surface area (Å²) in [7, 11) is 2.00. The van der Waals surface area contributed by atoms with Crippen molar-refractivity contribution in [3.63, 3.8) is 0 Å². The van der Waals surface area contributed by atoms with Crippen LogP contribution < -0.4 is 0 Å². The van der Waals surface area contributed by atoms with Gasteiger partial charge < -0.3 is 9.47 Å². The molecule has 8 heteroatoms. The predicted octanol–water partition coefficient (Wildman–Crippen LogP) is 1.94. The van der Waals surface area contributed by atoms with Crippen LogP contribution in [0.25, 0.3) is 0 Å². The summed E-state index contributed by atoms with van der Waals surface area (Å²) in [4.78, 5) is 24.4. The SMILES string of the molecule is COC(=O)C1(C(=O)OC)C(c2ccc(Cl)cc2F)C1(C#N)C#N. The number of nitrogens with zero attached hydrogens (tertiary/aromatic N) is 2. The number of carbonyl (C=O) groups is 2. The van der Waals surface area contributed by atoms with Crippen LogP contribution in [0.1, 0.15) is 11.5 Å². The Balaban J connectivity index is 2.75. The van der Waals surface area contributed by atoms with Crippen LogP contribution in [-0.4, -0.2) is 26.2 Å². The molecule has 2 rings (SSSR count). The highest BCUT2D eigenvalue weighted by atomic mass is 35.5. The van der Waals surface area contributed by atoms with Gasteiger partial charge in [-0.3, -0.25) is 9.59 Å². The standard InChI is InChI=1S/C15H10ClFN2O4/c1-22-12(20)15(13(21)23-2)11(14(15,6-18)7-19)9-4-3-8(16)5-10(9)17/h3-5,11H,1-2H3. The average molecular weight is 337 g/mol. The number of hydrogen-bond donors (Lipinski definition) is 0. The molecule has 1 aromatic carbocycles. The molecule has 1 aliphatic rings. The molecule has 0 saturated heterocycles. The minimum Gasteiger partial charge on any atom is -0.468 e. The third-order valence-corrected chi connectivity index (χ3v) is 4.28. The normalized spacial score (nSPS) is 19.8. The topological polar surface area (TPSA) is 100 Å². The fourth-order valence-electron chi connectivity index (χ4n) is 2.97. The van der Waals surface area contributed by atoms with Gasteiger partial charge in [-0.05, 0) is 17.7 Å². The minimum atomic E-state index is -2.24. The number of esters is 2. The molecule has 0 bridgehead atoms. The van der Waals surface area contributed by atoms with E-state index in [-0.39, 0.29) is 10.6 Å². The number of methoxy groups -OCH3 is 2. The van der Waals surface area contributed by atoms with Crippen molar-refractivity contribution in [2.24, 2.45) is 10.8 Å². The van der Waals surface area contributed by atoms with Crippen LogP contribution in [-0.2, 0) is 19.1 Å². The molecule has 0 spiro atoms. The molecule has 118 valence electrons. The Morgan fingerprint density at radius 3 is 2.13 bits per heavy atom. The average Bonchev–Trinajstić information content (AvgIpc) is 3.17. The second-order valence-corrected chi connectivity index (χ2v) is 5.36. The van der Waals surface area contributed by atoms with Gasteiger partial charge in [0.25, 0.3) is 0 Å². The van der Waals surface area contributed by atoms with E-state index in [2.05, 4.69) is 9.47 Å². The summed E-state index contributed by atoms with van der Waals surface area (Å²) in [5.74, 6) is -4.46. The van der Waals surface area contributed by atoms with Crippen LogP contribution in [0.15, 0.2) is 18.2 Å². The van der Waals surface area contributed by atoms with Crippen LogP contribution in [0, 0.1) is 39.3 Å². The molecule has 0 aromatic heterocycles. The zero-order chi connectivity index (χ0) is 17.4. The van der Waals surface area contributed by atoms with Crippen LogP contribution in [0.2, 0.25) is 5.02 Å². The molecule has 1 unspecified atom stereocenters. The van der Waals surface area contributed by atoms with Gasteiger partial charge in [0.15, 0.2) is 5.41 Å². The Hall–Kier alpha value is -2.64. The highest BCUT2D eigenvalue weighted by Gasteiger charge is 2.89. The lowest BCUT2D eigenvalue weighted by Gasteiger charge is -2.13. The lowest BCUT2D eigenvalue weighted by molar-refractivity contribution is -0.162. The lowest BCUT2D eigenvalue weighted by atomic mass is 9.95. The van der Waals surface area contributed by atoms with Crippen molar-refractivity contribution in [1.82, 2.24) is 0 Å². The monoisotopic (exact) mass is 336 g/mol. The van der Waals surface area contributed by atoms with E-state index in [1.165, 1.54) is 12.1 Å². The quantitative estimate of drug-likeness (QED) is 0.617.